The molecule has 5 nitrogen and oxygen atoms in total. The molecule has 5 heteroatoms. The smallest absolute Gasteiger partial charge is 0.117 e. The first kappa shape index (κ1) is 10.8. The largest absolute Gasteiger partial charge is 0.347 e. The minimum absolute atomic E-state index is 0.254. The van der Waals surface area contributed by atoms with Crippen molar-refractivity contribution in [2.45, 2.75) is 26.3 Å². The molecule has 0 aliphatic carbocycles. The summed E-state index contributed by atoms with van der Waals surface area (Å²) in [7, 11) is 0. The highest BCUT2D eigenvalue weighted by atomic mass is 16.5. The van der Waals surface area contributed by atoms with Gasteiger partial charge in [-0.1, -0.05) is 0 Å². The van der Waals surface area contributed by atoms with Gasteiger partial charge in [0, 0.05) is 0 Å². The van der Waals surface area contributed by atoms with Gasteiger partial charge in [0.2, 0.25) is 0 Å². The zero-order valence-corrected chi connectivity index (χ0v) is 6.99. The summed E-state index contributed by atoms with van der Waals surface area (Å²) < 4.78 is 9.83. The van der Waals surface area contributed by atoms with Crippen molar-refractivity contribution in [3.8, 4) is 0 Å². The zero-order chi connectivity index (χ0) is 8.69. The van der Waals surface area contributed by atoms with Gasteiger partial charge in [0.25, 0.3) is 0 Å². The van der Waals surface area contributed by atoms with Crippen molar-refractivity contribution in [1.82, 2.24) is 5.32 Å². The maximum atomic E-state index is 5.29. The molecule has 0 rings (SSSR count). The Labute approximate surface area is 67.0 Å². The lowest BCUT2D eigenvalue weighted by Crippen LogP contribution is -2.27. The molecule has 2 unspecified atom stereocenters. The van der Waals surface area contributed by atoms with Crippen molar-refractivity contribution in [2.75, 3.05) is 13.5 Å². The van der Waals surface area contributed by atoms with Gasteiger partial charge in [0.1, 0.15) is 25.9 Å². The Morgan fingerprint density at radius 1 is 1.09 bits per heavy atom. The van der Waals surface area contributed by atoms with Gasteiger partial charge in [-0.25, -0.2) is 0 Å². The molecule has 0 fully saturated rings. The van der Waals surface area contributed by atoms with Gasteiger partial charge in [0.05, 0.1) is 0 Å². The molecule has 0 heterocycles. The second kappa shape index (κ2) is 6.51. The molecule has 0 aromatic rings. The van der Waals surface area contributed by atoms with E-state index in [4.69, 9.17) is 20.9 Å². The van der Waals surface area contributed by atoms with Crippen molar-refractivity contribution in [1.29, 1.82) is 0 Å². The monoisotopic (exact) mass is 162 g/mol. The number of nitrogens with two attached hydrogens (primary N) is 2. The van der Waals surface area contributed by atoms with Crippen LogP contribution in [-0.2, 0) is 9.47 Å². The predicted octanol–water partition coefficient (Wildman–Crippen LogP) is -0.852. The third kappa shape index (κ3) is 9.80. The Balaban J connectivity index is 2.91. The Bertz CT molecular complexity index is 77.9. The summed E-state index contributed by atoms with van der Waals surface area (Å²) in [5.41, 5.74) is 10.6. The van der Waals surface area contributed by atoms with E-state index in [0.29, 0.717) is 0 Å². The van der Waals surface area contributed by atoms with Crippen molar-refractivity contribution < 1.29 is 9.47 Å². The molecule has 2 atom stereocenters. The second-order valence-corrected chi connectivity index (χ2v) is 2.23. The highest BCUT2D eigenvalue weighted by molar-refractivity contribution is 4.34. The zero-order valence-electron chi connectivity index (χ0n) is 6.99. The Kier molecular flexibility index (Phi) is 6.39. The SMILES string of the molecule is CC(N)OC[N]COC(C)N. The van der Waals surface area contributed by atoms with Crippen LogP contribution >= 0.6 is 0 Å². The number of nitrogens with zero attached hydrogens (tertiary/aromatic N) is 1. The topological polar surface area (TPSA) is 84.6 Å². The number of hydrogen-bond donors (Lipinski definition) is 2. The Morgan fingerprint density at radius 3 is 1.73 bits per heavy atom. The summed E-state index contributed by atoms with van der Waals surface area (Å²) in [4.78, 5) is 0. The third-order valence-electron chi connectivity index (χ3n) is 0.857. The minimum atomic E-state index is -0.283. The lowest BCUT2D eigenvalue weighted by atomic mass is 10.7. The highest BCUT2D eigenvalue weighted by Crippen LogP contribution is 1.80. The van der Waals surface area contributed by atoms with E-state index < -0.39 is 0 Å². The summed E-state index contributed by atoms with van der Waals surface area (Å²) in [5.74, 6) is 0. The van der Waals surface area contributed by atoms with Crippen LogP contribution in [0.1, 0.15) is 13.8 Å². The highest BCUT2D eigenvalue weighted by Gasteiger charge is 1.94. The molecule has 0 aliphatic rings. The van der Waals surface area contributed by atoms with E-state index in [9.17, 15) is 0 Å². The van der Waals surface area contributed by atoms with Crippen LogP contribution in [0, 0.1) is 0 Å². The van der Waals surface area contributed by atoms with Crippen LogP contribution in [0.15, 0.2) is 0 Å². The van der Waals surface area contributed by atoms with Gasteiger partial charge in [0.15, 0.2) is 0 Å². The van der Waals surface area contributed by atoms with Gasteiger partial charge in [-0.2, -0.15) is 5.32 Å². The molecule has 0 amide bonds. The van der Waals surface area contributed by atoms with E-state index in [1.54, 1.807) is 13.8 Å². The van der Waals surface area contributed by atoms with Crippen LogP contribution in [0.5, 0.6) is 0 Å². The van der Waals surface area contributed by atoms with Gasteiger partial charge in [-0.15, -0.1) is 0 Å². The lowest BCUT2D eigenvalue weighted by Gasteiger charge is -2.09. The first-order valence-electron chi connectivity index (χ1n) is 3.50. The Morgan fingerprint density at radius 2 is 1.45 bits per heavy atom. The molecule has 4 N–H and O–H groups in total. The predicted molar refractivity (Wildman–Crippen MR) is 41.3 cm³/mol. The fourth-order valence-corrected chi connectivity index (χ4v) is 0.378. The van der Waals surface area contributed by atoms with Crippen molar-refractivity contribution in [3.63, 3.8) is 0 Å². The van der Waals surface area contributed by atoms with Crippen molar-refractivity contribution >= 4 is 0 Å². The van der Waals surface area contributed by atoms with Crippen LogP contribution in [0.3, 0.4) is 0 Å². The molecular formula is C6H16N3O2. The van der Waals surface area contributed by atoms with E-state index in [-0.39, 0.29) is 25.9 Å². The maximum absolute atomic E-state index is 5.29. The first-order valence-corrected chi connectivity index (χ1v) is 3.50. The first-order chi connectivity index (χ1) is 5.13. The third-order valence-corrected chi connectivity index (χ3v) is 0.857. The molecule has 0 aromatic heterocycles. The van der Waals surface area contributed by atoms with Crippen LogP contribution in [0.4, 0.5) is 0 Å². The molecule has 0 saturated carbocycles. The number of ether oxygens (including phenoxy) is 2. The number of hydrogen-bond acceptors (Lipinski definition) is 4. The van der Waals surface area contributed by atoms with Crippen molar-refractivity contribution in [3.05, 3.63) is 0 Å². The average molecular weight is 162 g/mol. The quantitative estimate of drug-likeness (QED) is 0.393. The average Bonchev–Trinajstić information content (AvgIpc) is 1.85. The Hall–Kier alpha value is -0.200. The standard InChI is InChI=1S/C6H16N3O2/c1-5(7)10-3-9-4-11-6(2)8/h5-6H,3-4,7-8H2,1-2H3. The molecule has 67 valence electrons. The summed E-state index contributed by atoms with van der Waals surface area (Å²) in [6.07, 6.45) is -0.567. The molecular weight excluding hydrogens is 146 g/mol. The fraction of sp³-hybridized carbons (Fsp3) is 1.00. The molecule has 0 saturated heterocycles. The molecule has 11 heavy (non-hydrogen) atoms. The second-order valence-electron chi connectivity index (χ2n) is 2.23. The minimum Gasteiger partial charge on any atom is -0.347 e. The van der Waals surface area contributed by atoms with Crippen LogP contribution in [0.2, 0.25) is 0 Å². The summed E-state index contributed by atoms with van der Waals surface area (Å²) in [6.45, 7) is 3.98. The van der Waals surface area contributed by atoms with Crippen LogP contribution < -0.4 is 16.8 Å². The molecule has 0 aliphatic heterocycles. The summed E-state index contributed by atoms with van der Waals surface area (Å²) in [5, 5.41) is 3.85. The van der Waals surface area contributed by atoms with Gasteiger partial charge < -0.3 is 20.9 Å². The van der Waals surface area contributed by atoms with E-state index in [0.717, 1.165) is 0 Å². The van der Waals surface area contributed by atoms with E-state index >= 15 is 0 Å². The normalized spacial score (nSPS) is 16.4. The molecule has 0 spiro atoms. The van der Waals surface area contributed by atoms with Crippen LogP contribution in [0.25, 0.3) is 0 Å². The summed E-state index contributed by atoms with van der Waals surface area (Å²) in [6, 6.07) is 0. The molecule has 0 aromatic carbocycles. The van der Waals surface area contributed by atoms with E-state index in [1.807, 2.05) is 0 Å². The summed E-state index contributed by atoms with van der Waals surface area (Å²) >= 11 is 0. The van der Waals surface area contributed by atoms with Gasteiger partial charge >= 0.3 is 0 Å². The van der Waals surface area contributed by atoms with Crippen molar-refractivity contribution in [2.24, 2.45) is 11.5 Å². The maximum Gasteiger partial charge on any atom is 0.117 e. The van der Waals surface area contributed by atoms with E-state index in [2.05, 4.69) is 5.32 Å². The van der Waals surface area contributed by atoms with E-state index in [1.165, 1.54) is 0 Å². The molecule has 1 radical (unpaired) electrons. The van der Waals surface area contributed by atoms with Gasteiger partial charge in [-0.05, 0) is 13.8 Å². The molecule has 0 bridgehead atoms. The van der Waals surface area contributed by atoms with Gasteiger partial charge in [-0.3, -0.25) is 0 Å². The van der Waals surface area contributed by atoms with Crippen LogP contribution in [-0.4, -0.2) is 25.9 Å². The lowest BCUT2D eigenvalue weighted by molar-refractivity contribution is 0.00394. The number of rotatable bonds is 6. The fourth-order valence-electron chi connectivity index (χ4n) is 0.378.